The number of aryl methyl sites for hydroxylation is 1. The van der Waals surface area contributed by atoms with Crippen LogP contribution in [-0.4, -0.2) is 36.8 Å². The van der Waals surface area contributed by atoms with Crippen LogP contribution < -0.4 is 5.32 Å². The van der Waals surface area contributed by atoms with Gasteiger partial charge in [0.2, 0.25) is 5.91 Å². The molecule has 0 bridgehead atoms. The maximum absolute atomic E-state index is 12.9. The first kappa shape index (κ1) is 20.9. The van der Waals surface area contributed by atoms with E-state index < -0.39 is 0 Å². The average Bonchev–Trinajstić information content (AvgIpc) is 3.33. The van der Waals surface area contributed by atoms with Crippen molar-refractivity contribution in [2.75, 3.05) is 11.1 Å². The first-order valence-electron chi connectivity index (χ1n) is 10.0. The minimum Gasteiger partial charge on any atom is -0.350 e. The maximum Gasteiger partial charge on any atom is 0.232 e. The Hall–Kier alpha value is -3.39. The molecule has 4 rings (SSSR count). The van der Waals surface area contributed by atoms with Gasteiger partial charge >= 0.3 is 0 Å². The van der Waals surface area contributed by atoms with Crippen molar-refractivity contribution in [1.29, 1.82) is 0 Å². The molecule has 31 heavy (non-hydrogen) atoms. The normalized spacial score (nSPS) is 11.0. The molecule has 158 valence electrons. The molecule has 0 saturated heterocycles. The third kappa shape index (κ3) is 4.54. The van der Waals surface area contributed by atoms with Crippen LogP contribution in [0.3, 0.4) is 0 Å². The molecule has 2 aromatic heterocycles. The minimum atomic E-state index is -0.156. The molecule has 2 aromatic carbocycles. The van der Waals surface area contributed by atoms with E-state index in [1.165, 1.54) is 11.8 Å². The molecule has 0 aliphatic heterocycles. The van der Waals surface area contributed by atoms with Gasteiger partial charge in [-0.25, -0.2) is 0 Å². The third-order valence-corrected chi connectivity index (χ3v) is 5.98. The van der Waals surface area contributed by atoms with Crippen LogP contribution >= 0.6 is 11.8 Å². The predicted molar refractivity (Wildman–Crippen MR) is 122 cm³/mol. The molecule has 0 unspecified atom stereocenters. The number of carbonyl (C=O) groups excluding carboxylic acids is 2. The highest BCUT2D eigenvalue weighted by Crippen LogP contribution is 2.24. The van der Waals surface area contributed by atoms with Crippen molar-refractivity contribution in [3.63, 3.8) is 0 Å². The summed E-state index contributed by atoms with van der Waals surface area (Å²) >= 11 is 1.34. The Bertz CT molecular complexity index is 1230. The number of anilines is 1. The number of hydrogen-bond donors (Lipinski definition) is 1. The maximum atomic E-state index is 12.9. The van der Waals surface area contributed by atoms with Crippen molar-refractivity contribution in [2.45, 2.75) is 25.0 Å². The van der Waals surface area contributed by atoms with Crippen molar-refractivity contribution in [1.82, 2.24) is 19.3 Å². The Kier molecular flexibility index (Phi) is 6.18. The summed E-state index contributed by atoms with van der Waals surface area (Å²) in [6.07, 6.45) is 1.99. The molecule has 0 aliphatic rings. The van der Waals surface area contributed by atoms with Crippen molar-refractivity contribution in [2.24, 2.45) is 7.05 Å². The number of benzene rings is 2. The van der Waals surface area contributed by atoms with E-state index >= 15 is 0 Å². The lowest BCUT2D eigenvalue weighted by Gasteiger charge is -2.08. The molecular formula is C23H23N5O2S. The second-order valence-electron chi connectivity index (χ2n) is 7.12. The van der Waals surface area contributed by atoms with Crippen LogP contribution in [0.25, 0.3) is 10.9 Å². The van der Waals surface area contributed by atoms with Crippen LogP contribution in [0.5, 0.6) is 0 Å². The number of para-hydroxylation sites is 2. The zero-order chi connectivity index (χ0) is 21.8. The van der Waals surface area contributed by atoms with Crippen LogP contribution in [0, 0.1) is 0 Å². The van der Waals surface area contributed by atoms with Crippen molar-refractivity contribution >= 4 is 40.0 Å². The summed E-state index contributed by atoms with van der Waals surface area (Å²) in [6, 6.07) is 17.2. The topological polar surface area (TPSA) is 81.8 Å². The van der Waals surface area contributed by atoms with Crippen molar-refractivity contribution < 1.29 is 9.59 Å². The number of rotatable bonds is 8. The lowest BCUT2D eigenvalue weighted by atomic mass is 10.1. The number of aromatic nitrogens is 4. The highest BCUT2D eigenvalue weighted by atomic mass is 32.2. The number of hydrogen-bond acceptors (Lipinski definition) is 5. The van der Waals surface area contributed by atoms with Gasteiger partial charge in [-0.1, -0.05) is 48.2 Å². The summed E-state index contributed by atoms with van der Waals surface area (Å²) in [6.45, 7) is 2.59. The molecule has 2 heterocycles. The largest absolute Gasteiger partial charge is 0.350 e. The molecule has 0 fully saturated rings. The number of nitrogens with one attached hydrogen (secondary N) is 1. The fourth-order valence-electron chi connectivity index (χ4n) is 3.52. The fourth-order valence-corrected chi connectivity index (χ4v) is 4.42. The number of carbonyl (C=O) groups is 2. The second kappa shape index (κ2) is 9.18. The molecule has 1 N–H and O–H groups in total. The summed E-state index contributed by atoms with van der Waals surface area (Å²) in [7, 11) is 1.94. The summed E-state index contributed by atoms with van der Waals surface area (Å²) < 4.78 is 3.84. The van der Waals surface area contributed by atoms with Crippen LogP contribution in [0.2, 0.25) is 0 Å². The van der Waals surface area contributed by atoms with Crippen LogP contribution in [0.1, 0.15) is 23.1 Å². The number of amides is 1. The van der Waals surface area contributed by atoms with Gasteiger partial charge in [0.1, 0.15) is 5.82 Å². The van der Waals surface area contributed by atoms with E-state index in [-0.39, 0.29) is 23.9 Å². The zero-order valence-electron chi connectivity index (χ0n) is 17.4. The highest BCUT2D eigenvalue weighted by Gasteiger charge is 2.18. The van der Waals surface area contributed by atoms with Gasteiger partial charge in [0, 0.05) is 41.9 Å². The lowest BCUT2D eigenvalue weighted by Crippen LogP contribution is -2.17. The van der Waals surface area contributed by atoms with Crippen molar-refractivity contribution in [3.8, 4) is 0 Å². The molecule has 1 amide bonds. The first-order chi connectivity index (χ1) is 15.1. The highest BCUT2D eigenvalue weighted by molar-refractivity contribution is 7.99. The van der Waals surface area contributed by atoms with Crippen LogP contribution in [0.4, 0.5) is 5.69 Å². The predicted octanol–water partition coefficient (Wildman–Crippen LogP) is 3.95. The summed E-state index contributed by atoms with van der Waals surface area (Å²) in [5.74, 6) is 0.714. The molecule has 0 atom stereocenters. The van der Waals surface area contributed by atoms with Crippen molar-refractivity contribution in [3.05, 3.63) is 72.2 Å². The van der Waals surface area contributed by atoms with E-state index in [2.05, 4.69) is 15.5 Å². The standard InChI is InChI=1S/C23H23N5O2S/c1-3-28-21(13-22(30)24-16-9-5-4-6-10-16)25-26-23(28)31-15-20(29)18-14-27(2)19-12-8-7-11-17(18)19/h4-12,14H,3,13,15H2,1-2H3,(H,24,30). The molecule has 0 radical (unpaired) electrons. The first-order valence-corrected chi connectivity index (χ1v) is 11.0. The van der Waals surface area contributed by atoms with Gasteiger partial charge in [-0.2, -0.15) is 0 Å². The quantitative estimate of drug-likeness (QED) is 0.336. The Morgan fingerprint density at radius 1 is 1.03 bits per heavy atom. The molecule has 0 saturated carbocycles. The summed E-state index contributed by atoms with van der Waals surface area (Å²) in [4.78, 5) is 25.3. The van der Waals surface area contributed by atoms with Gasteiger partial charge < -0.3 is 14.5 Å². The summed E-state index contributed by atoms with van der Waals surface area (Å²) in [5.41, 5.74) is 2.47. The van der Waals surface area contributed by atoms with Gasteiger partial charge in [-0.3, -0.25) is 9.59 Å². The fraction of sp³-hybridized carbons (Fsp3) is 0.217. The smallest absolute Gasteiger partial charge is 0.232 e. The van der Waals surface area contributed by atoms with E-state index in [9.17, 15) is 9.59 Å². The Balaban J connectivity index is 1.44. The van der Waals surface area contributed by atoms with E-state index in [4.69, 9.17) is 0 Å². The Labute approximate surface area is 184 Å². The van der Waals surface area contributed by atoms with E-state index in [0.29, 0.717) is 23.1 Å². The average molecular weight is 434 g/mol. The Morgan fingerprint density at radius 2 is 1.77 bits per heavy atom. The second-order valence-corrected chi connectivity index (χ2v) is 8.06. The molecule has 8 heteroatoms. The van der Waals surface area contributed by atoms with E-state index in [0.717, 1.165) is 16.6 Å². The molecular weight excluding hydrogens is 410 g/mol. The number of nitrogens with zero attached hydrogens (tertiary/aromatic N) is 4. The van der Waals surface area contributed by atoms with Crippen LogP contribution in [-0.2, 0) is 24.8 Å². The van der Waals surface area contributed by atoms with Gasteiger partial charge in [-0.05, 0) is 25.1 Å². The molecule has 0 spiro atoms. The molecule has 4 aromatic rings. The SMILES string of the molecule is CCn1c(CC(=O)Nc2ccccc2)nnc1SCC(=O)c1cn(C)c2ccccc12. The third-order valence-electron chi connectivity index (χ3n) is 5.02. The number of ketones is 1. The van der Waals surface area contributed by atoms with Gasteiger partial charge in [0.15, 0.2) is 10.9 Å². The van der Waals surface area contributed by atoms with E-state index in [1.807, 2.05) is 83.9 Å². The van der Waals surface area contributed by atoms with Gasteiger partial charge in [-0.15, -0.1) is 10.2 Å². The number of Topliss-reactive ketones (excluding diaryl/α,β-unsaturated/α-hetero) is 1. The Morgan fingerprint density at radius 3 is 2.55 bits per heavy atom. The van der Waals surface area contributed by atoms with Gasteiger partial charge in [0.25, 0.3) is 0 Å². The zero-order valence-corrected chi connectivity index (χ0v) is 18.2. The lowest BCUT2D eigenvalue weighted by molar-refractivity contribution is -0.115. The number of thioether (sulfide) groups is 1. The summed E-state index contributed by atoms with van der Waals surface area (Å²) in [5, 5.41) is 12.9. The molecule has 0 aliphatic carbocycles. The molecule has 7 nitrogen and oxygen atoms in total. The monoisotopic (exact) mass is 433 g/mol. The number of fused-ring (bicyclic) bond motifs is 1. The minimum absolute atomic E-state index is 0.0378. The van der Waals surface area contributed by atoms with Gasteiger partial charge in [0.05, 0.1) is 12.2 Å². The van der Waals surface area contributed by atoms with Crippen LogP contribution in [0.15, 0.2) is 66.0 Å². The van der Waals surface area contributed by atoms with E-state index in [1.54, 1.807) is 0 Å².